The first kappa shape index (κ1) is 15.6. The number of likely N-dealkylation sites (N-methyl/N-ethyl adjacent to an activating group) is 1. The molecule has 0 bridgehead atoms. The van der Waals surface area contributed by atoms with Crippen LogP contribution in [0.4, 0.5) is 0 Å². The number of benzene rings is 1. The van der Waals surface area contributed by atoms with Crippen molar-refractivity contribution in [1.82, 2.24) is 14.9 Å². The van der Waals surface area contributed by atoms with Crippen molar-refractivity contribution >= 4 is 5.57 Å². The summed E-state index contributed by atoms with van der Waals surface area (Å²) in [5, 5.41) is 0. The first-order valence-electron chi connectivity index (χ1n) is 9.18. The van der Waals surface area contributed by atoms with Gasteiger partial charge in [-0.2, -0.15) is 0 Å². The Balaban J connectivity index is 1.76. The van der Waals surface area contributed by atoms with E-state index in [1.807, 2.05) is 0 Å². The smallest absolute Gasteiger partial charge is 0.138 e. The van der Waals surface area contributed by atoms with Crippen molar-refractivity contribution < 1.29 is 0 Å². The van der Waals surface area contributed by atoms with Crippen molar-refractivity contribution in [2.75, 3.05) is 20.1 Å². The Hall–Kier alpha value is -1.87. The van der Waals surface area contributed by atoms with Crippen molar-refractivity contribution in [3.63, 3.8) is 0 Å². The lowest BCUT2D eigenvalue weighted by Crippen LogP contribution is -2.21. The van der Waals surface area contributed by atoms with Gasteiger partial charge in [0, 0.05) is 37.2 Å². The SMILES string of the molecule is C=C(C)c1ccc(C2CCC2)c(-c2nc3c([nH]2)CCN(C)CC3)c1. The van der Waals surface area contributed by atoms with Gasteiger partial charge in [0.25, 0.3) is 0 Å². The zero-order valence-corrected chi connectivity index (χ0v) is 14.9. The molecule has 0 spiro atoms. The third kappa shape index (κ3) is 2.82. The number of fused-ring (bicyclic) bond motifs is 1. The van der Waals surface area contributed by atoms with Gasteiger partial charge in [-0.15, -0.1) is 0 Å². The van der Waals surface area contributed by atoms with E-state index in [2.05, 4.69) is 48.6 Å². The van der Waals surface area contributed by atoms with Crippen LogP contribution in [0.5, 0.6) is 0 Å². The Morgan fingerprint density at radius 1 is 1.25 bits per heavy atom. The number of allylic oxidation sites excluding steroid dienone is 1. The molecule has 3 nitrogen and oxygen atoms in total. The number of hydrogen-bond donors (Lipinski definition) is 1. The number of imidazole rings is 1. The Kier molecular flexibility index (Phi) is 4.05. The number of hydrogen-bond acceptors (Lipinski definition) is 2. The summed E-state index contributed by atoms with van der Waals surface area (Å²) in [5.74, 6) is 1.77. The molecule has 0 amide bonds. The standard InChI is InChI=1S/C21H27N3/c1-14(2)16-7-8-17(15-5-4-6-15)18(13-16)21-22-19-9-11-24(3)12-10-20(19)23-21/h7-8,13,15H,1,4-6,9-12H2,2-3H3,(H,22,23). The van der Waals surface area contributed by atoms with Gasteiger partial charge in [-0.1, -0.05) is 30.7 Å². The zero-order chi connectivity index (χ0) is 16.7. The molecule has 3 heteroatoms. The average Bonchev–Trinajstić information content (AvgIpc) is 2.84. The molecule has 1 saturated carbocycles. The Morgan fingerprint density at radius 2 is 2.04 bits per heavy atom. The van der Waals surface area contributed by atoms with Crippen molar-refractivity contribution in [3.05, 3.63) is 47.3 Å². The van der Waals surface area contributed by atoms with E-state index in [1.54, 1.807) is 0 Å². The molecule has 1 aromatic carbocycles. The Morgan fingerprint density at radius 3 is 2.75 bits per heavy atom. The van der Waals surface area contributed by atoms with Gasteiger partial charge in [-0.25, -0.2) is 4.98 Å². The van der Waals surface area contributed by atoms with Crippen LogP contribution in [0.15, 0.2) is 24.8 Å². The third-order valence-corrected chi connectivity index (χ3v) is 5.68. The van der Waals surface area contributed by atoms with Crippen LogP contribution >= 0.6 is 0 Å². The molecule has 4 rings (SSSR count). The van der Waals surface area contributed by atoms with E-state index in [9.17, 15) is 0 Å². The first-order chi connectivity index (χ1) is 11.6. The largest absolute Gasteiger partial charge is 0.342 e. The maximum absolute atomic E-state index is 5.01. The fourth-order valence-corrected chi connectivity index (χ4v) is 3.80. The van der Waals surface area contributed by atoms with E-state index in [1.165, 1.54) is 47.3 Å². The molecule has 1 aromatic heterocycles. The van der Waals surface area contributed by atoms with E-state index < -0.39 is 0 Å². The first-order valence-corrected chi connectivity index (χ1v) is 9.18. The molecule has 1 aliphatic carbocycles. The van der Waals surface area contributed by atoms with E-state index in [0.29, 0.717) is 5.92 Å². The monoisotopic (exact) mass is 321 g/mol. The molecule has 1 fully saturated rings. The second-order valence-corrected chi connectivity index (χ2v) is 7.52. The Bertz CT molecular complexity index is 742. The quantitative estimate of drug-likeness (QED) is 0.908. The fourth-order valence-electron chi connectivity index (χ4n) is 3.80. The summed E-state index contributed by atoms with van der Waals surface area (Å²) in [6.45, 7) is 8.40. The van der Waals surface area contributed by atoms with Crippen LogP contribution in [0.3, 0.4) is 0 Å². The second kappa shape index (κ2) is 6.21. The molecule has 2 heterocycles. The number of nitrogens with one attached hydrogen (secondary N) is 1. The lowest BCUT2D eigenvalue weighted by molar-refractivity contribution is 0.351. The summed E-state index contributed by atoms with van der Waals surface area (Å²) in [7, 11) is 2.19. The van der Waals surface area contributed by atoms with Gasteiger partial charge in [0.2, 0.25) is 0 Å². The fraction of sp³-hybridized carbons (Fsp3) is 0.476. The minimum Gasteiger partial charge on any atom is -0.342 e. The number of nitrogens with zero attached hydrogens (tertiary/aromatic N) is 2. The molecule has 0 radical (unpaired) electrons. The number of rotatable bonds is 3. The van der Waals surface area contributed by atoms with Gasteiger partial charge in [0.1, 0.15) is 5.82 Å². The maximum atomic E-state index is 5.01. The van der Waals surface area contributed by atoms with Gasteiger partial charge in [-0.3, -0.25) is 0 Å². The van der Waals surface area contributed by atoms with E-state index in [4.69, 9.17) is 4.98 Å². The summed E-state index contributed by atoms with van der Waals surface area (Å²) in [6.07, 6.45) is 6.08. The third-order valence-electron chi connectivity index (χ3n) is 5.68. The van der Waals surface area contributed by atoms with E-state index in [0.717, 1.165) is 37.3 Å². The van der Waals surface area contributed by atoms with Crippen LogP contribution in [0.25, 0.3) is 17.0 Å². The summed E-state index contributed by atoms with van der Waals surface area (Å²) >= 11 is 0. The lowest BCUT2D eigenvalue weighted by atomic mass is 9.77. The van der Waals surface area contributed by atoms with Crippen molar-refractivity contribution in [2.24, 2.45) is 0 Å². The zero-order valence-electron chi connectivity index (χ0n) is 14.9. The summed E-state index contributed by atoms with van der Waals surface area (Å²) in [6, 6.07) is 6.83. The van der Waals surface area contributed by atoms with Gasteiger partial charge in [0.05, 0.1) is 5.69 Å². The molecular weight excluding hydrogens is 294 g/mol. The van der Waals surface area contributed by atoms with Crippen LogP contribution in [0.1, 0.15) is 54.6 Å². The van der Waals surface area contributed by atoms with Gasteiger partial charge < -0.3 is 9.88 Å². The molecular formula is C21H27N3. The number of H-pyrrole nitrogens is 1. The molecule has 0 atom stereocenters. The lowest BCUT2D eigenvalue weighted by Gasteiger charge is -2.28. The molecule has 2 aromatic rings. The van der Waals surface area contributed by atoms with E-state index in [-0.39, 0.29) is 0 Å². The number of aromatic amines is 1. The predicted molar refractivity (Wildman–Crippen MR) is 100 cm³/mol. The second-order valence-electron chi connectivity index (χ2n) is 7.52. The maximum Gasteiger partial charge on any atom is 0.138 e. The van der Waals surface area contributed by atoms with Crippen molar-refractivity contribution in [1.29, 1.82) is 0 Å². The van der Waals surface area contributed by atoms with Gasteiger partial charge in [-0.05, 0) is 49.9 Å². The predicted octanol–water partition coefficient (Wildman–Crippen LogP) is 4.41. The van der Waals surface area contributed by atoms with Crippen LogP contribution < -0.4 is 0 Å². The molecule has 2 aliphatic rings. The minimum absolute atomic E-state index is 0.704. The van der Waals surface area contributed by atoms with E-state index >= 15 is 0 Å². The van der Waals surface area contributed by atoms with Crippen LogP contribution in [0.2, 0.25) is 0 Å². The molecule has 1 aliphatic heterocycles. The normalized spacial score (nSPS) is 18.8. The van der Waals surface area contributed by atoms with Crippen molar-refractivity contribution in [2.45, 2.75) is 44.9 Å². The van der Waals surface area contributed by atoms with Crippen LogP contribution in [-0.2, 0) is 12.8 Å². The van der Waals surface area contributed by atoms with Crippen molar-refractivity contribution in [3.8, 4) is 11.4 Å². The molecule has 1 N–H and O–H groups in total. The summed E-state index contributed by atoms with van der Waals surface area (Å²) < 4.78 is 0. The molecule has 0 unspecified atom stereocenters. The highest BCUT2D eigenvalue weighted by molar-refractivity contribution is 5.71. The highest BCUT2D eigenvalue weighted by atomic mass is 15.1. The number of aromatic nitrogens is 2. The Labute approximate surface area is 144 Å². The average molecular weight is 321 g/mol. The summed E-state index contributed by atoms with van der Waals surface area (Å²) in [4.78, 5) is 11.0. The summed E-state index contributed by atoms with van der Waals surface area (Å²) in [5.41, 5.74) is 7.68. The van der Waals surface area contributed by atoms with Gasteiger partial charge in [0.15, 0.2) is 0 Å². The highest BCUT2D eigenvalue weighted by Crippen LogP contribution is 2.41. The van der Waals surface area contributed by atoms with Gasteiger partial charge >= 0.3 is 0 Å². The topological polar surface area (TPSA) is 31.9 Å². The highest BCUT2D eigenvalue weighted by Gasteiger charge is 2.25. The molecule has 24 heavy (non-hydrogen) atoms. The molecule has 0 saturated heterocycles. The van der Waals surface area contributed by atoms with Crippen LogP contribution in [-0.4, -0.2) is 35.0 Å². The molecule has 126 valence electrons. The minimum atomic E-state index is 0.704. The van der Waals surface area contributed by atoms with Crippen LogP contribution in [0, 0.1) is 0 Å².